The van der Waals surface area contributed by atoms with E-state index >= 15 is 0 Å². The highest BCUT2D eigenvalue weighted by atomic mass is 35.5. The van der Waals surface area contributed by atoms with Crippen LogP contribution < -0.4 is 5.73 Å². The molecule has 0 bridgehead atoms. The Labute approximate surface area is 134 Å². The number of rotatable bonds is 5. The van der Waals surface area contributed by atoms with Gasteiger partial charge in [0.25, 0.3) is 0 Å². The van der Waals surface area contributed by atoms with Crippen molar-refractivity contribution in [1.29, 1.82) is 0 Å². The van der Waals surface area contributed by atoms with E-state index in [0.717, 1.165) is 19.3 Å². The van der Waals surface area contributed by atoms with Crippen LogP contribution in [0.3, 0.4) is 0 Å². The van der Waals surface area contributed by atoms with Gasteiger partial charge in [-0.3, -0.25) is 9.59 Å². The Hall–Kier alpha value is -0.810. The molecule has 2 N–H and O–H groups in total. The lowest BCUT2D eigenvalue weighted by molar-refractivity contribution is -0.147. The average Bonchev–Trinajstić information content (AvgIpc) is 2.45. The first-order chi connectivity index (χ1) is 9.32. The molecule has 6 heteroatoms. The Morgan fingerprint density at radius 1 is 1.33 bits per heavy atom. The highest BCUT2D eigenvalue weighted by Gasteiger charge is 2.34. The summed E-state index contributed by atoms with van der Waals surface area (Å²) < 4.78 is 0. The third-order valence-electron chi connectivity index (χ3n) is 4.00. The van der Waals surface area contributed by atoms with Gasteiger partial charge in [0.05, 0.1) is 0 Å². The second kappa shape index (κ2) is 8.59. The zero-order valence-electron chi connectivity index (χ0n) is 13.7. The van der Waals surface area contributed by atoms with Crippen molar-refractivity contribution in [3.05, 3.63) is 0 Å². The maximum absolute atomic E-state index is 12.6. The number of likely N-dealkylation sites (tertiary alicyclic amines) is 1. The van der Waals surface area contributed by atoms with Crippen LogP contribution in [0.4, 0.5) is 0 Å². The minimum absolute atomic E-state index is 0. The number of hydrogen-bond donors (Lipinski definition) is 1. The van der Waals surface area contributed by atoms with Gasteiger partial charge in [-0.1, -0.05) is 20.8 Å². The van der Waals surface area contributed by atoms with Crippen LogP contribution in [0, 0.1) is 5.41 Å². The van der Waals surface area contributed by atoms with Gasteiger partial charge < -0.3 is 15.5 Å². The Bertz CT molecular complexity index is 361. The van der Waals surface area contributed by atoms with E-state index in [9.17, 15) is 9.59 Å². The third-order valence-corrected chi connectivity index (χ3v) is 4.00. The van der Waals surface area contributed by atoms with Gasteiger partial charge in [0.1, 0.15) is 6.04 Å². The number of halogens is 1. The van der Waals surface area contributed by atoms with E-state index in [4.69, 9.17) is 5.73 Å². The number of carbonyl (C=O) groups is 2. The first-order valence-electron chi connectivity index (χ1n) is 7.57. The summed E-state index contributed by atoms with van der Waals surface area (Å²) in [6, 6.07) is -0.283. The number of nitrogens with two attached hydrogens (primary N) is 1. The second-order valence-corrected chi connectivity index (χ2v) is 6.51. The van der Waals surface area contributed by atoms with Crippen LogP contribution in [0.5, 0.6) is 0 Å². The van der Waals surface area contributed by atoms with Crippen LogP contribution in [0.25, 0.3) is 0 Å². The van der Waals surface area contributed by atoms with Gasteiger partial charge in [-0.25, -0.2) is 0 Å². The molecule has 1 aliphatic heterocycles. The maximum atomic E-state index is 12.6. The zero-order chi connectivity index (χ0) is 15.3. The molecule has 1 atom stereocenters. The Kier molecular flexibility index (Phi) is 8.26. The molecule has 0 aromatic heterocycles. The van der Waals surface area contributed by atoms with Crippen molar-refractivity contribution in [3.8, 4) is 0 Å². The number of carbonyl (C=O) groups excluding carboxylic acids is 2. The lowest BCUT2D eigenvalue weighted by atomic mass is 9.92. The van der Waals surface area contributed by atoms with Gasteiger partial charge in [0.15, 0.2) is 0 Å². The molecular weight excluding hydrogens is 290 g/mol. The topological polar surface area (TPSA) is 66.6 Å². The molecule has 5 nitrogen and oxygen atoms in total. The molecule has 1 heterocycles. The molecule has 21 heavy (non-hydrogen) atoms. The van der Waals surface area contributed by atoms with Crippen LogP contribution in [0.1, 0.15) is 46.5 Å². The fraction of sp³-hybridized carbons (Fsp3) is 0.867. The van der Waals surface area contributed by atoms with Crippen molar-refractivity contribution >= 4 is 24.2 Å². The molecule has 1 saturated heterocycles. The highest BCUT2D eigenvalue weighted by molar-refractivity contribution is 5.87. The molecule has 1 fully saturated rings. The maximum Gasteiger partial charge on any atom is 0.245 e. The number of likely N-dealkylation sites (N-methyl/N-ethyl adjacent to an activating group) is 1. The van der Waals surface area contributed by atoms with Crippen LogP contribution >= 0.6 is 12.4 Å². The monoisotopic (exact) mass is 319 g/mol. The molecule has 0 aromatic rings. The van der Waals surface area contributed by atoms with Crippen LogP contribution in [0.15, 0.2) is 0 Å². The largest absolute Gasteiger partial charge is 0.343 e. The molecule has 0 aromatic carbocycles. The van der Waals surface area contributed by atoms with E-state index in [1.54, 1.807) is 9.80 Å². The first-order valence-corrected chi connectivity index (χ1v) is 7.57. The zero-order valence-corrected chi connectivity index (χ0v) is 14.5. The molecule has 2 amide bonds. The van der Waals surface area contributed by atoms with Crippen molar-refractivity contribution < 1.29 is 9.59 Å². The predicted molar refractivity (Wildman–Crippen MR) is 87.4 cm³/mol. The lowest BCUT2D eigenvalue weighted by Crippen LogP contribution is -2.53. The summed E-state index contributed by atoms with van der Waals surface area (Å²) in [5.41, 5.74) is 5.63. The van der Waals surface area contributed by atoms with Crippen molar-refractivity contribution in [2.45, 2.75) is 52.5 Å². The smallest absolute Gasteiger partial charge is 0.245 e. The molecule has 1 aliphatic rings. The van der Waals surface area contributed by atoms with E-state index in [-0.39, 0.29) is 35.7 Å². The van der Waals surface area contributed by atoms with Crippen molar-refractivity contribution in [3.63, 3.8) is 0 Å². The lowest BCUT2D eigenvalue weighted by Gasteiger charge is -2.38. The van der Waals surface area contributed by atoms with E-state index in [1.807, 2.05) is 27.8 Å². The van der Waals surface area contributed by atoms with E-state index in [1.165, 1.54) is 0 Å². The minimum atomic E-state index is -0.283. The molecule has 0 spiro atoms. The molecular formula is C15H30ClN3O2. The number of nitrogens with zero attached hydrogens (tertiary/aromatic N) is 2. The van der Waals surface area contributed by atoms with Crippen molar-refractivity contribution in [2.75, 3.05) is 26.7 Å². The van der Waals surface area contributed by atoms with Gasteiger partial charge >= 0.3 is 0 Å². The van der Waals surface area contributed by atoms with Crippen molar-refractivity contribution in [2.24, 2.45) is 11.1 Å². The fourth-order valence-electron chi connectivity index (χ4n) is 2.73. The summed E-state index contributed by atoms with van der Waals surface area (Å²) >= 11 is 0. The summed E-state index contributed by atoms with van der Waals surface area (Å²) in [6.07, 6.45) is 3.24. The summed E-state index contributed by atoms with van der Waals surface area (Å²) in [7, 11) is 1.81. The van der Waals surface area contributed by atoms with E-state index in [0.29, 0.717) is 26.1 Å². The highest BCUT2D eigenvalue weighted by Crippen LogP contribution is 2.21. The van der Waals surface area contributed by atoms with Crippen molar-refractivity contribution in [1.82, 2.24) is 9.80 Å². The molecule has 1 rings (SSSR count). The normalized spacial score (nSPS) is 18.9. The Balaban J connectivity index is 0.00000400. The number of piperidine rings is 1. The van der Waals surface area contributed by atoms with E-state index < -0.39 is 0 Å². The number of hydrogen-bond acceptors (Lipinski definition) is 3. The minimum Gasteiger partial charge on any atom is -0.343 e. The average molecular weight is 320 g/mol. The summed E-state index contributed by atoms with van der Waals surface area (Å²) in [5, 5.41) is 0. The Morgan fingerprint density at radius 2 is 1.95 bits per heavy atom. The third kappa shape index (κ3) is 5.47. The SMILES string of the molecule is CCC(=O)N1CCCCC1C(=O)N(C)CC(C)(C)CN.Cl. The molecule has 0 saturated carbocycles. The van der Waals surface area contributed by atoms with Crippen LogP contribution in [-0.2, 0) is 9.59 Å². The second-order valence-electron chi connectivity index (χ2n) is 6.51. The molecule has 0 radical (unpaired) electrons. The molecule has 1 unspecified atom stereocenters. The standard InChI is InChI=1S/C15H29N3O2.ClH/c1-5-13(19)18-9-7-6-8-12(18)14(20)17(4)11-15(2,3)10-16;/h12H,5-11,16H2,1-4H3;1H. The van der Waals surface area contributed by atoms with E-state index in [2.05, 4.69) is 0 Å². The summed E-state index contributed by atoms with van der Waals surface area (Å²) in [5.74, 6) is 0.127. The summed E-state index contributed by atoms with van der Waals surface area (Å²) in [6.45, 7) is 7.80. The van der Waals surface area contributed by atoms with Crippen LogP contribution in [0.2, 0.25) is 0 Å². The fourth-order valence-corrected chi connectivity index (χ4v) is 2.73. The van der Waals surface area contributed by atoms with Gasteiger partial charge in [-0.15, -0.1) is 12.4 Å². The van der Waals surface area contributed by atoms with Gasteiger partial charge in [-0.2, -0.15) is 0 Å². The van der Waals surface area contributed by atoms with Gasteiger partial charge in [0, 0.05) is 26.6 Å². The Morgan fingerprint density at radius 3 is 2.48 bits per heavy atom. The molecule has 0 aliphatic carbocycles. The van der Waals surface area contributed by atoms with Gasteiger partial charge in [0.2, 0.25) is 11.8 Å². The first kappa shape index (κ1) is 20.2. The van der Waals surface area contributed by atoms with Gasteiger partial charge in [-0.05, 0) is 31.2 Å². The summed E-state index contributed by atoms with van der Waals surface area (Å²) in [4.78, 5) is 28.1. The quantitative estimate of drug-likeness (QED) is 0.837. The van der Waals surface area contributed by atoms with Crippen LogP contribution in [-0.4, -0.2) is 54.3 Å². The predicted octanol–water partition coefficient (Wildman–Crippen LogP) is 1.64. The molecule has 124 valence electrons. The number of amides is 2.